The minimum atomic E-state index is 0.901. The maximum absolute atomic E-state index is 6.45. The van der Waals surface area contributed by atoms with Gasteiger partial charge >= 0.3 is 0 Å². The Hall–Kier alpha value is -9.38. The average Bonchev–Trinajstić information content (AvgIpc) is 4.20. The monoisotopic (exact) mass is 893 g/mol. The third kappa shape index (κ3) is 5.90. The first-order valence-corrected chi connectivity index (χ1v) is 23.8. The Bertz CT molecular complexity index is 4350. The highest BCUT2D eigenvalue weighted by molar-refractivity contribution is 6.14. The zero-order valence-corrected chi connectivity index (χ0v) is 37.7. The molecule has 0 atom stereocenters. The van der Waals surface area contributed by atoms with E-state index in [1.165, 1.54) is 10.8 Å². The van der Waals surface area contributed by atoms with E-state index in [2.05, 4.69) is 205 Å². The van der Waals surface area contributed by atoms with Gasteiger partial charge in [-0.1, -0.05) is 182 Å². The molecule has 70 heavy (non-hydrogen) atoms. The predicted octanol–water partition coefficient (Wildman–Crippen LogP) is 18.8. The van der Waals surface area contributed by atoms with Crippen molar-refractivity contribution in [1.82, 2.24) is 4.57 Å². The van der Waals surface area contributed by atoms with Gasteiger partial charge in [0.2, 0.25) is 0 Å². The summed E-state index contributed by atoms with van der Waals surface area (Å²) in [6.45, 7) is 0. The van der Waals surface area contributed by atoms with E-state index >= 15 is 0 Å². The van der Waals surface area contributed by atoms with Crippen LogP contribution in [-0.2, 0) is 0 Å². The molecule has 0 saturated heterocycles. The molecule has 0 bridgehead atoms. The molecule has 0 aliphatic rings. The quantitative estimate of drug-likeness (QED) is 0.167. The van der Waals surface area contributed by atoms with Gasteiger partial charge in [0.25, 0.3) is 0 Å². The third-order valence-corrected chi connectivity index (χ3v) is 14.5. The Morgan fingerprint density at radius 3 is 0.929 bits per heavy atom. The zero-order chi connectivity index (χ0) is 45.9. The fraction of sp³-hybridized carbons (Fsp3) is 0. The fourth-order valence-corrected chi connectivity index (χ4v) is 11.1. The molecular formula is C66H39NO3. The van der Waals surface area contributed by atoms with Crippen LogP contribution in [0, 0.1) is 0 Å². The number of hydrogen-bond acceptors (Lipinski definition) is 3. The van der Waals surface area contributed by atoms with Crippen LogP contribution in [-0.4, -0.2) is 4.57 Å². The molecule has 4 aromatic heterocycles. The van der Waals surface area contributed by atoms with Crippen molar-refractivity contribution in [1.29, 1.82) is 0 Å². The van der Waals surface area contributed by atoms with Gasteiger partial charge in [0.1, 0.15) is 33.5 Å². The van der Waals surface area contributed by atoms with E-state index in [1.54, 1.807) is 0 Å². The summed E-state index contributed by atoms with van der Waals surface area (Å²) in [7, 11) is 0. The topological polar surface area (TPSA) is 44.4 Å². The molecule has 0 unspecified atom stereocenters. The molecule has 4 nitrogen and oxygen atoms in total. The lowest BCUT2D eigenvalue weighted by Crippen LogP contribution is -1.94. The van der Waals surface area contributed by atoms with Gasteiger partial charge in [-0.05, 0) is 93.5 Å². The molecule has 0 N–H and O–H groups in total. The molecule has 4 heterocycles. The summed E-state index contributed by atoms with van der Waals surface area (Å²) in [4.78, 5) is 0. The fourth-order valence-electron chi connectivity index (χ4n) is 11.1. The highest BCUT2D eigenvalue weighted by Gasteiger charge is 2.19. The summed E-state index contributed by atoms with van der Waals surface area (Å²) in [5.41, 5.74) is 20.1. The molecule has 0 amide bonds. The summed E-state index contributed by atoms with van der Waals surface area (Å²) in [6, 6.07) is 84.6. The second-order valence-electron chi connectivity index (χ2n) is 18.3. The van der Waals surface area contributed by atoms with Crippen molar-refractivity contribution in [2.24, 2.45) is 0 Å². The van der Waals surface area contributed by atoms with Crippen LogP contribution in [0.15, 0.2) is 250 Å². The summed E-state index contributed by atoms with van der Waals surface area (Å²) >= 11 is 0. The number of hydrogen-bond donors (Lipinski definition) is 0. The van der Waals surface area contributed by atoms with Gasteiger partial charge in [0, 0.05) is 65.5 Å². The molecule has 11 aromatic carbocycles. The van der Waals surface area contributed by atoms with Crippen LogP contribution in [0.3, 0.4) is 0 Å². The maximum atomic E-state index is 6.45. The van der Waals surface area contributed by atoms with Gasteiger partial charge in [0.05, 0.1) is 11.0 Å². The van der Waals surface area contributed by atoms with Gasteiger partial charge < -0.3 is 17.8 Å². The molecule has 15 aromatic rings. The molecule has 0 saturated carbocycles. The van der Waals surface area contributed by atoms with Gasteiger partial charge in [-0.25, -0.2) is 0 Å². The normalized spacial score (nSPS) is 12.0. The number of benzene rings is 11. The van der Waals surface area contributed by atoms with Crippen LogP contribution in [0.25, 0.3) is 149 Å². The minimum absolute atomic E-state index is 0.901. The summed E-state index contributed by atoms with van der Waals surface area (Å²) in [5.74, 6) is 0. The molecule has 4 heteroatoms. The number of rotatable bonds is 6. The minimum Gasteiger partial charge on any atom is -0.455 e. The Morgan fingerprint density at radius 2 is 0.543 bits per heavy atom. The largest absolute Gasteiger partial charge is 0.455 e. The van der Waals surface area contributed by atoms with Crippen LogP contribution in [0.5, 0.6) is 0 Å². The summed E-state index contributed by atoms with van der Waals surface area (Å²) in [5, 5.41) is 9.17. The van der Waals surface area contributed by atoms with Crippen molar-refractivity contribution in [3.63, 3.8) is 0 Å². The standard InChI is InChI=1S/C66H39NO3/c1-4-19-61-51(10-1)54-16-7-13-48(64(54)68-61)42-26-22-40(23-27-42)45-32-36-59-57(38-45)58-39-46(41-24-28-43(29-25-41)49-14-8-17-55-52-11-2-5-20-62(52)69-65(49)55)33-37-60(58)67(59)47-34-30-44(31-35-47)50-15-9-18-56-53-12-3-6-21-63(53)70-66(50)56/h1-39H. The molecular weight excluding hydrogens is 855 g/mol. The summed E-state index contributed by atoms with van der Waals surface area (Å²) < 4.78 is 21.7. The van der Waals surface area contributed by atoms with E-state index in [9.17, 15) is 0 Å². The first kappa shape index (κ1) is 38.7. The Morgan fingerprint density at radius 1 is 0.229 bits per heavy atom. The van der Waals surface area contributed by atoms with Crippen molar-refractivity contribution in [3.05, 3.63) is 237 Å². The SMILES string of the molecule is c1ccc2c(c1)oc1c(-c3ccc(-c4ccc5c(c4)c4cc(-c6ccc(-c7cccc8c7oc7ccccc78)cc6)ccc4n5-c4ccc(-c5cccc6c5oc5ccccc56)cc4)cc3)cccc12. The van der Waals surface area contributed by atoms with Crippen molar-refractivity contribution in [3.8, 4) is 61.3 Å². The van der Waals surface area contributed by atoms with E-state index in [4.69, 9.17) is 13.3 Å². The molecule has 0 fully saturated rings. The van der Waals surface area contributed by atoms with Gasteiger partial charge in [-0.15, -0.1) is 0 Å². The van der Waals surface area contributed by atoms with Gasteiger partial charge in [-0.2, -0.15) is 0 Å². The number of aromatic nitrogens is 1. The first-order chi connectivity index (χ1) is 34.7. The van der Waals surface area contributed by atoms with E-state index in [1.807, 2.05) is 36.4 Å². The molecule has 326 valence electrons. The Balaban J connectivity index is 0.842. The average molecular weight is 894 g/mol. The smallest absolute Gasteiger partial charge is 0.143 e. The van der Waals surface area contributed by atoms with E-state index < -0.39 is 0 Å². The number of para-hydroxylation sites is 6. The van der Waals surface area contributed by atoms with Crippen molar-refractivity contribution in [2.45, 2.75) is 0 Å². The second kappa shape index (κ2) is 15.1. The van der Waals surface area contributed by atoms with Crippen LogP contribution >= 0.6 is 0 Å². The van der Waals surface area contributed by atoms with E-state index in [-0.39, 0.29) is 0 Å². The van der Waals surface area contributed by atoms with Crippen molar-refractivity contribution >= 4 is 87.6 Å². The number of nitrogens with zero attached hydrogens (tertiary/aromatic N) is 1. The highest BCUT2D eigenvalue weighted by atomic mass is 16.3. The van der Waals surface area contributed by atoms with Crippen LogP contribution < -0.4 is 0 Å². The molecule has 0 spiro atoms. The van der Waals surface area contributed by atoms with E-state index in [0.717, 1.165) is 138 Å². The lowest BCUT2D eigenvalue weighted by molar-refractivity contribution is 0.669. The lowest BCUT2D eigenvalue weighted by atomic mass is 9.97. The van der Waals surface area contributed by atoms with Crippen LogP contribution in [0.1, 0.15) is 0 Å². The first-order valence-electron chi connectivity index (χ1n) is 23.8. The zero-order valence-electron chi connectivity index (χ0n) is 37.7. The Kier molecular flexibility index (Phi) is 8.33. The van der Waals surface area contributed by atoms with E-state index in [0.29, 0.717) is 0 Å². The molecule has 0 aliphatic carbocycles. The molecule has 0 radical (unpaired) electrons. The van der Waals surface area contributed by atoms with Crippen LogP contribution in [0.2, 0.25) is 0 Å². The molecule has 0 aliphatic heterocycles. The predicted molar refractivity (Wildman–Crippen MR) is 290 cm³/mol. The maximum Gasteiger partial charge on any atom is 0.143 e. The molecule has 15 rings (SSSR count). The second-order valence-corrected chi connectivity index (χ2v) is 18.3. The third-order valence-electron chi connectivity index (χ3n) is 14.5. The summed E-state index contributed by atoms with van der Waals surface area (Å²) in [6.07, 6.45) is 0. The Labute approximate surface area is 401 Å². The van der Waals surface area contributed by atoms with Crippen molar-refractivity contribution in [2.75, 3.05) is 0 Å². The lowest BCUT2D eigenvalue weighted by Gasteiger charge is -2.11. The van der Waals surface area contributed by atoms with Gasteiger partial charge in [-0.3, -0.25) is 0 Å². The van der Waals surface area contributed by atoms with Crippen LogP contribution in [0.4, 0.5) is 0 Å². The number of fused-ring (bicyclic) bond motifs is 12. The number of furan rings is 3. The van der Waals surface area contributed by atoms with Crippen molar-refractivity contribution < 1.29 is 13.3 Å². The van der Waals surface area contributed by atoms with Gasteiger partial charge in [0.15, 0.2) is 0 Å². The highest BCUT2D eigenvalue weighted by Crippen LogP contribution is 2.42.